The summed E-state index contributed by atoms with van der Waals surface area (Å²) in [6.07, 6.45) is 3.32. The Balaban J connectivity index is 1.82. The van der Waals surface area contributed by atoms with E-state index in [0.717, 1.165) is 11.1 Å². The standard InChI is InChI=1S/C22H22N4O2/c1-14-4-6-15(7-5-14)18(27)12-17-19(16-8-10-23-11-9-16)24-21-25-22(2,3)13-26(21)20(17)28/h4-11H,12-13H2,1-3H3,(H,24,25). The molecule has 0 radical (unpaired) electrons. The number of benzene rings is 1. The van der Waals surface area contributed by atoms with E-state index in [2.05, 4.69) is 10.3 Å². The van der Waals surface area contributed by atoms with Gasteiger partial charge in [0.15, 0.2) is 5.78 Å². The third-order valence-electron chi connectivity index (χ3n) is 4.93. The molecule has 4 rings (SSSR count). The van der Waals surface area contributed by atoms with Crippen LogP contribution in [-0.4, -0.2) is 25.9 Å². The zero-order valence-corrected chi connectivity index (χ0v) is 16.2. The van der Waals surface area contributed by atoms with Crippen molar-refractivity contribution in [2.75, 3.05) is 5.32 Å². The lowest BCUT2D eigenvalue weighted by atomic mass is 9.99. The largest absolute Gasteiger partial charge is 0.349 e. The zero-order chi connectivity index (χ0) is 19.9. The average molecular weight is 374 g/mol. The molecule has 28 heavy (non-hydrogen) atoms. The van der Waals surface area contributed by atoms with Crippen molar-refractivity contribution in [3.8, 4) is 11.3 Å². The van der Waals surface area contributed by atoms with E-state index in [4.69, 9.17) is 4.98 Å². The van der Waals surface area contributed by atoms with Crippen LogP contribution in [0.15, 0.2) is 53.6 Å². The number of fused-ring (bicyclic) bond motifs is 1. The van der Waals surface area contributed by atoms with Gasteiger partial charge in [-0.25, -0.2) is 4.98 Å². The predicted molar refractivity (Wildman–Crippen MR) is 109 cm³/mol. The molecule has 6 nitrogen and oxygen atoms in total. The van der Waals surface area contributed by atoms with Crippen LogP contribution in [0.4, 0.5) is 5.95 Å². The van der Waals surface area contributed by atoms with Gasteiger partial charge in [0.05, 0.1) is 23.3 Å². The van der Waals surface area contributed by atoms with Gasteiger partial charge in [-0.1, -0.05) is 29.8 Å². The molecule has 0 spiro atoms. The van der Waals surface area contributed by atoms with Crippen molar-refractivity contribution in [1.29, 1.82) is 0 Å². The topological polar surface area (TPSA) is 76.9 Å². The van der Waals surface area contributed by atoms with Gasteiger partial charge in [-0.3, -0.25) is 19.1 Å². The van der Waals surface area contributed by atoms with Gasteiger partial charge in [0, 0.05) is 29.9 Å². The molecule has 1 aliphatic heterocycles. The maximum Gasteiger partial charge on any atom is 0.259 e. The third kappa shape index (κ3) is 3.33. The van der Waals surface area contributed by atoms with Crippen molar-refractivity contribution in [2.24, 2.45) is 0 Å². The molecule has 2 aromatic heterocycles. The van der Waals surface area contributed by atoms with Crippen LogP contribution in [0.5, 0.6) is 0 Å². The van der Waals surface area contributed by atoms with Gasteiger partial charge in [0.1, 0.15) is 0 Å². The molecule has 3 aromatic rings. The summed E-state index contributed by atoms with van der Waals surface area (Å²) in [7, 11) is 0. The highest BCUT2D eigenvalue weighted by molar-refractivity contribution is 5.98. The lowest BCUT2D eigenvalue weighted by molar-refractivity contribution is 0.0992. The molecule has 142 valence electrons. The van der Waals surface area contributed by atoms with Crippen LogP contribution in [0.2, 0.25) is 0 Å². The van der Waals surface area contributed by atoms with Crippen LogP contribution in [0, 0.1) is 6.92 Å². The Hall–Kier alpha value is -3.28. The van der Waals surface area contributed by atoms with Crippen molar-refractivity contribution >= 4 is 11.7 Å². The summed E-state index contributed by atoms with van der Waals surface area (Å²) in [4.78, 5) is 34.9. The van der Waals surface area contributed by atoms with E-state index in [-0.39, 0.29) is 23.3 Å². The van der Waals surface area contributed by atoms with Crippen molar-refractivity contribution in [3.63, 3.8) is 0 Å². The predicted octanol–water partition coefficient (Wildman–Crippen LogP) is 3.24. The fourth-order valence-electron chi connectivity index (χ4n) is 3.48. The van der Waals surface area contributed by atoms with Gasteiger partial charge in [-0.05, 0) is 32.9 Å². The average Bonchev–Trinajstić information content (AvgIpc) is 2.99. The van der Waals surface area contributed by atoms with Crippen molar-refractivity contribution in [2.45, 2.75) is 39.3 Å². The summed E-state index contributed by atoms with van der Waals surface area (Å²) in [5.74, 6) is 0.438. The number of anilines is 1. The number of carbonyl (C=O) groups is 1. The molecule has 1 aromatic carbocycles. The monoisotopic (exact) mass is 374 g/mol. The normalized spacial score (nSPS) is 14.4. The van der Waals surface area contributed by atoms with Crippen LogP contribution in [-0.2, 0) is 13.0 Å². The maximum atomic E-state index is 13.3. The zero-order valence-electron chi connectivity index (χ0n) is 16.2. The molecule has 6 heteroatoms. The van der Waals surface area contributed by atoms with E-state index in [1.807, 2.05) is 32.9 Å². The number of nitrogens with zero attached hydrogens (tertiary/aromatic N) is 3. The van der Waals surface area contributed by atoms with Gasteiger partial charge in [-0.2, -0.15) is 0 Å². The Morgan fingerprint density at radius 3 is 2.50 bits per heavy atom. The highest BCUT2D eigenvalue weighted by Crippen LogP contribution is 2.28. The molecule has 0 amide bonds. The summed E-state index contributed by atoms with van der Waals surface area (Å²) in [5.41, 5.74) is 2.96. The fourth-order valence-corrected chi connectivity index (χ4v) is 3.48. The van der Waals surface area contributed by atoms with E-state index in [1.165, 1.54) is 0 Å². The SMILES string of the molecule is Cc1ccc(C(=O)Cc2c(-c3ccncc3)nc3n(c2=O)CC(C)(C)N3)cc1. The minimum atomic E-state index is -0.270. The first kappa shape index (κ1) is 18.1. The molecular formula is C22H22N4O2. The number of carbonyl (C=O) groups excluding carboxylic acids is 1. The number of Topliss-reactive ketones (excluding diaryl/α,β-unsaturated/α-hetero) is 1. The lowest BCUT2D eigenvalue weighted by Gasteiger charge is -2.15. The number of hydrogen-bond donors (Lipinski definition) is 1. The highest BCUT2D eigenvalue weighted by Gasteiger charge is 2.32. The van der Waals surface area contributed by atoms with Gasteiger partial charge < -0.3 is 5.32 Å². The Bertz CT molecular complexity index is 1100. The second kappa shape index (κ2) is 6.71. The number of nitrogens with one attached hydrogen (secondary N) is 1. The van der Waals surface area contributed by atoms with E-state index in [1.54, 1.807) is 41.2 Å². The van der Waals surface area contributed by atoms with Crippen molar-refractivity contribution in [3.05, 3.63) is 75.8 Å². The minimum Gasteiger partial charge on any atom is -0.349 e. The molecule has 0 bridgehead atoms. The summed E-state index contributed by atoms with van der Waals surface area (Å²) in [6.45, 7) is 6.52. The molecule has 3 heterocycles. The van der Waals surface area contributed by atoms with Crippen molar-refractivity contribution < 1.29 is 4.79 Å². The summed E-state index contributed by atoms with van der Waals surface area (Å²) < 4.78 is 1.63. The van der Waals surface area contributed by atoms with Crippen LogP contribution in [0.1, 0.15) is 35.3 Å². The highest BCUT2D eigenvalue weighted by atomic mass is 16.1. The molecule has 0 atom stereocenters. The number of aromatic nitrogens is 3. The first-order valence-corrected chi connectivity index (χ1v) is 9.26. The Morgan fingerprint density at radius 2 is 1.82 bits per heavy atom. The second-order valence-electron chi connectivity index (χ2n) is 7.86. The Labute approximate surface area is 163 Å². The van der Waals surface area contributed by atoms with Crippen LogP contribution >= 0.6 is 0 Å². The molecule has 0 fully saturated rings. The third-order valence-corrected chi connectivity index (χ3v) is 4.93. The maximum absolute atomic E-state index is 13.3. The van der Waals surface area contributed by atoms with Gasteiger partial charge in [0.2, 0.25) is 5.95 Å². The molecule has 1 aliphatic rings. The molecule has 1 N–H and O–H groups in total. The fraction of sp³-hybridized carbons (Fsp3) is 0.273. The Kier molecular flexibility index (Phi) is 4.34. The second-order valence-corrected chi connectivity index (χ2v) is 7.86. The van der Waals surface area contributed by atoms with E-state index >= 15 is 0 Å². The number of hydrogen-bond acceptors (Lipinski definition) is 5. The summed E-state index contributed by atoms with van der Waals surface area (Å²) in [5, 5.41) is 3.29. The van der Waals surface area contributed by atoms with Gasteiger partial charge in [-0.15, -0.1) is 0 Å². The Morgan fingerprint density at radius 1 is 1.14 bits per heavy atom. The lowest BCUT2D eigenvalue weighted by Crippen LogP contribution is -2.30. The number of aryl methyl sites for hydroxylation is 1. The number of ketones is 1. The van der Waals surface area contributed by atoms with Crippen LogP contribution in [0.25, 0.3) is 11.3 Å². The van der Waals surface area contributed by atoms with Crippen LogP contribution in [0.3, 0.4) is 0 Å². The molecule has 0 saturated carbocycles. The van der Waals surface area contributed by atoms with E-state index in [0.29, 0.717) is 29.3 Å². The first-order chi connectivity index (χ1) is 13.3. The quantitative estimate of drug-likeness (QED) is 0.710. The summed E-state index contributed by atoms with van der Waals surface area (Å²) >= 11 is 0. The minimum absolute atomic E-state index is 0.00720. The molecule has 0 aliphatic carbocycles. The van der Waals surface area contributed by atoms with Gasteiger partial charge in [0.25, 0.3) is 5.56 Å². The van der Waals surface area contributed by atoms with E-state index in [9.17, 15) is 9.59 Å². The molecule has 0 saturated heterocycles. The van der Waals surface area contributed by atoms with Gasteiger partial charge >= 0.3 is 0 Å². The number of rotatable bonds is 4. The smallest absolute Gasteiger partial charge is 0.259 e. The first-order valence-electron chi connectivity index (χ1n) is 9.26. The van der Waals surface area contributed by atoms with Crippen molar-refractivity contribution in [1.82, 2.24) is 14.5 Å². The van der Waals surface area contributed by atoms with Crippen LogP contribution < -0.4 is 10.9 Å². The van der Waals surface area contributed by atoms with E-state index < -0.39 is 0 Å². The molecular weight excluding hydrogens is 352 g/mol. The molecule has 0 unspecified atom stereocenters. The summed E-state index contributed by atoms with van der Waals surface area (Å²) in [6, 6.07) is 11.0. The number of pyridine rings is 1.